The summed E-state index contributed by atoms with van der Waals surface area (Å²) < 4.78 is 1.59. The van der Waals surface area contributed by atoms with E-state index in [-0.39, 0.29) is 5.56 Å². The van der Waals surface area contributed by atoms with E-state index in [9.17, 15) is 4.79 Å². The highest BCUT2D eigenvalue weighted by Crippen LogP contribution is 2.18. The van der Waals surface area contributed by atoms with Crippen LogP contribution in [0.4, 0.5) is 0 Å². The fourth-order valence-corrected chi connectivity index (χ4v) is 2.04. The van der Waals surface area contributed by atoms with Crippen molar-refractivity contribution < 1.29 is 0 Å². The van der Waals surface area contributed by atoms with E-state index in [1.54, 1.807) is 10.0 Å². The highest BCUT2D eigenvalue weighted by atomic mass is 33.1. The summed E-state index contributed by atoms with van der Waals surface area (Å²) in [6.07, 6.45) is 0. The lowest BCUT2D eigenvalue weighted by molar-refractivity contribution is 0.799. The highest BCUT2D eigenvalue weighted by Gasteiger charge is 2.05. The number of hydrogen-bond donors (Lipinski definition) is 1. The molecule has 0 atom stereocenters. The standard InChI is InChI=1S/C8H11NOS2/c1-6(2)7-4-3-5-8(10)9(7)12-11/h3-6,11H,1-2H3. The molecule has 1 heterocycles. The Morgan fingerprint density at radius 3 is 2.58 bits per heavy atom. The van der Waals surface area contributed by atoms with Crippen molar-refractivity contribution in [2.45, 2.75) is 19.8 Å². The van der Waals surface area contributed by atoms with E-state index in [2.05, 4.69) is 25.5 Å². The van der Waals surface area contributed by atoms with Gasteiger partial charge in [0.2, 0.25) is 0 Å². The molecule has 0 saturated carbocycles. The Labute approximate surface area is 80.9 Å². The quantitative estimate of drug-likeness (QED) is 0.586. The zero-order valence-electron chi connectivity index (χ0n) is 7.02. The first-order valence-electron chi connectivity index (χ1n) is 3.70. The second-order valence-electron chi connectivity index (χ2n) is 2.82. The Morgan fingerprint density at radius 1 is 1.50 bits per heavy atom. The first-order chi connectivity index (χ1) is 5.66. The van der Waals surface area contributed by atoms with Gasteiger partial charge in [0.05, 0.1) is 0 Å². The van der Waals surface area contributed by atoms with E-state index in [4.69, 9.17) is 0 Å². The molecule has 12 heavy (non-hydrogen) atoms. The Morgan fingerprint density at radius 2 is 2.17 bits per heavy atom. The average Bonchev–Trinajstić information content (AvgIpc) is 2.03. The van der Waals surface area contributed by atoms with Gasteiger partial charge in [-0.25, -0.2) is 3.97 Å². The number of hydrogen-bond acceptors (Lipinski definition) is 3. The molecule has 0 amide bonds. The van der Waals surface area contributed by atoms with Crippen molar-refractivity contribution in [1.29, 1.82) is 0 Å². The maximum atomic E-state index is 11.3. The van der Waals surface area contributed by atoms with E-state index in [1.807, 2.05) is 6.07 Å². The highest BCUT2D eigenvalue weighted by molar-refractivity contribution is 8.68. The lowest BCUT2D eigenvalue weighted by Crippen LogP contribution is -2.16. The average molecular weight is 201 g/mol. The molecule has 1 aromatic heterocycles. The number of pyridine rings is 1. The van der Waals surface area contributed by atoms with Gasteiger partial charge in [-0.3, -0.25) is 4.79 Å². The van der Waals surface area contributed by atoms with Crippen LogP contribution in [0.25, 0.3) is 0 Å². The summed E-state index contributed by atoms with van der Waals surface area (Å²) >= 11 is 4.02. The van der Waals surface area contributed by atoms with Gasteiger partial charge < -0.3 is 0 Å². The van der Waals surface area contributed by atoms with Crippen LogP contribution in [0.2, 0.25) is 0 Å². The molecule has 4 heteroatoms. The fraction of sp³-hybridized carbons (Fsp3) is 0.375. The molecule has 0 spiro atoms. The minimum atomic E-state index is -0.0128. The van der Waals surface area contributed by atoms with Crippen molar-refractivity contribution in [2.75, 3.05) is 0 Å². The number of rotatable bonds is 2. The lowest BCUT2D eigenvalue weighted by atomic mass is 10.1. The van der Waals surface area contributed by atoms with Gasteiger partial charge in [0.1, 0.15) is 0 Å². The number of aromatic nitrogens is 1. The Hall–Kier alpha value is -0.350. The molecule has 0 radical (unpaired) electrons. The maximum Gasteiger partial charge on any atom is 0.261 e. The van der Waals surface area contributed by atoms with Crippen LogP contribution < -0.4 is 5.56 Å². The van der Waals surface area contributed by atoms with Gasteiger partial charge in [0, 0.05) is 22.7 Å². The molecule has 0 aliphatic rings. The van der Waals surface area contributed by atoms with Crippen molar-refractivity contribution in [2.24, 2.45) is 0 Å². The van der Waals surface area contributed by atoms with Gasteiger partial charge in [-0.15, -0.1) is 0 Å². The van der Waals surface area contributed by atoms with E-state index < -0.39 is 0 Å². The van der Waals surface area contributed by atoms with Crippen LogP contribution in [0.5, 0.6) is 0 Å². The van der Waals surface area contributed by atoms with E-state index in [0.29, 0.717) is 5.92 Å². The molecule has 1 aromatic rings. The topological polar surface area (TPSA) is 22.0 Å². The Bertz CT molecular complexity index is 319. The molecule has 0 aromatic carbocycles. The van der Waals surface area contributed by atoms with Crippen molar-refractivity contribution in [3.05, 3.63) is 34.2 Å². The molecule has 0 unspecified atom stereocenters. The molecular weight excluding hydrogens is 190 g/mol. The van der Waals surface area contributed by atoms with E-state index in [1.165, 1.54) is 6.07 Å². The number of nitrogens with zero attached hydrogens (tertiary/aromatic N) is 1. The summed E-state index contributed by atoms with van der Waals surface area (Å²) in [6.45, 7) is 4.10. The summed E-state index contributed by atoms with van der Waals surface area (Å²) in [5.41, 5.74) is 0.990. The largest absolute Gasteiger partial charge is 0.268 e. The van der Waals surface area contributed by atoms with Gasteiger partial charge in [-0.1, -0.05) is 31.6 Å². The van der Waals surface area contributed by atoms with Gasteiger partial charge in [0.25, 0.3) is 5.56 Å². The third kappa shape index (κ3) is 1.87. The minimum absolute atomic E-state index is 0.0128. The minimum Gasteiger partial charge on any atom is -0.268 e. The molecule has 0 bridgehead atoms. The van der Waals surface area contributed by atoms with Crippen LogP contribution in [0.1, 0.15) is 25.5 Å². The summed E-state index contributed by atoms with van der Waals surface area (Å²) in [5.74, 6) is 0.346. The summed E-state index contributed by atoms with van der Waals surface area (Å²) in [6, 6.07) is 5.25. The molecule has 0 saturated heterocycles. The Balaban J connectivity index is 3.28. The van der Waals surface area contributed by atoms with Crippen molar-refractivity contribution in [3.8, 4) is 0 Å². The van der Waals surface area contributed by atoms with Gasteiger partial charge in [-0.2, -0.15) is 0 Å². The summed E-state index contributed by atoms with van der Waals surface area (Å²) in [5, 5.41) is 0. The second-order valence-corrected chi connectivity index (χ2v) is 3.84. The lowest BCUT2D eigenvalue weighted by Gasteiger charge is -2.10. The molecule has 0 aliphatic heterocycles. The zero-order chi connectivity index (χ0) is 9.14. The van der Waals surface area contributed by atoms with Crippen molar-refractivity contribution >= 4 is 22.6 Å². The third-order valence-corrected chi connectivity index (χ3v) is 2.66. The van der Waals surface area contributed by atoms with Crippen molar-refractivity contribution in [1.82, 2.24) is 3.97 Å². The molecule has 1 rings (SSSR count). The van der Waals surface area contributed by atoms with Gasteiger partial charge in [0.15, 0.2) is 0 Å². The number of thiol groups is 1. The molecule has 0 fully saturated rings. The third-order valence-electron chi connectivity index (χ3n) is 1.61. The molecule has 2 nitrogen and oxygen atoms in total. The van der Waals surface area contributed by atoms with Crippen LogP contribution in [-0.4, -0.2) is 3.97 Å². The molecular formula is C8H11NOS2. The molecule has 66 valence electrons. The van der Waals surface area contributed by atoms with Crippen LogP contribution in [0.3, 0.4) is 0 Å². The smallest absolute Gasteiger partial charge is 0.261 e. The maximum absolute atomic E-state index is 11.3. The predicted molar refractivity (Wildman–Crippen MR) is 56.8 cm³/mol. The van der Waals surface area contributed by atoms with Crippen LogP contribution in [-0.2, 0) is 0 Å². The van der Waals surface area contributed by atoms with Crippen LogP contribution >= 0.6 is 22.6 Å². The van der Waals surface area contributed by atoms with E-state index >= 15 is 0 Å². The molecule has 0 N–H and O–H groups in total. The van der Waals surface area contributed by atoms with Crippen LogP contribution in [0.15, 0.2) is 23.0 Å². The zero-order valence-corrected chi connectivity index (χ0v) is 8.73. The fourth-order valence-electron chi connectivity index (χ4n) is 1.01. The summed E-state index contributed by atoms with van der Waals surface area (Å²) in [7, 11) is 1.15. The van der Waals surface area contributed by atoms with E-state index in [0.717, 1.165) is 16.7 Å². The van der Waals surface area contributed by atoms with Crippen molar-refractivity contribution in [3.63, 3.8) is 0 Å². The monoisotopic (exact) mass is 201 g/mol. The first kappa shape index (κ1) is 9.74. The van der Waals surface area contributed by atoms with Gasteiger partial charge in [-0.05, 0) is 12.0 Å². The second kappa shape index (κ2) is 4.05. The summed E-state index contributed by atoms with van der Waals surface area (Å²) in [4.78, 5) is 11.3. The normalized spacial score (nSPS) is 10.7. The predicted octanol–water partition coefficient (Wildman–Crippen LogP) is 2.31. The van der Waals surface area contributed by atoms with Crippen LogP contribution in [0, 0.1) is 0 Å². The Kier molecular flexibility index (Phi) is 3.29. The first-order valence-corrected chi connectivity index (χ1v) is 5.53. The SMILES string of the molecule is CC(C)c1cccc(=O)n1SS. The van der Waals surface area contributed by atoms with Gasteiger partial charge >= 0.3 is 0 Å². The molecule has 0 aliphatic carbocycles.